The van der Waals surface area contributed by atoms with Crippen LogP contribution < -0.4 is 0 Å². The molecule has 0 radical (unpaired) electrons. The zero-order valence-electron chi connectivity index (χ0n) is 19.7. The van der Waals surface area contributed by atoms with Gasteiger partial charge in [-0.3, -0.25) is 9.59 Å². The van der Waals surface area contributed by atoms with Crippen molar-refractivity contribution in [3.63, 3.8) is 0 Å². The standard InChI is InChI=1S/C17H22F2N12O6/c1-6-12(27-31-23)16(36-11(5-24-28-20)17(6,18)19)37-14-10(26-30-22)4-9(25-29-21)13(34-7(2)32)15(14)35-8(3)33/h6,9-16H,4-5H2,1-3H3. The fraction of sp³-hybridized carbons (Fsp3) is 0.882. The zero-order valence-corrected chi connectivity index (χ0v) is 19.7. The molecular formula is C17H22F2N12O6. The van der Waals surface area contributed by atoms with E-state index in [4.69, 9.17) is 41.1 Å². The Kier molecular flexibility index (Phi) is 10.1. The molecule has 200 valence electrons. The molecule has 18 nitrogen and oxygen atoms in total. The third-order valence-electron chi connectivity index (χ3n) is 5.81. The lowest BCUT2D eigenvalue weighted by Crippen LogP contribution is -2.63. The zero-order chi connectivity index (χ0) is 27.8. The SMILES string of the molecule is CC(=O)OC1C(N=[N+]=[N-])CC(N=[N+]=[N-])C(OC2OC(CN=[N+]=[N-])C(F)(F)C(C)C2N=[N+]=[N-])C1OC(C)=O. The van der Waals surface area contributed by atoms with Crippen LogP contribution in [0.4, 0.5) is 8.78 Å². The summed E-state index contributed by atoms with van der Waals surface area (Å²) in [5, 5.41) is 13.6. The first-order valence-electron chi connectivity index (χ1n) is 10.7. The van der Waals surface area contributed by atoms with Gasteiger partial charge in [0, 0.05) is 39.4 Å². The van der Waals surface area contributed by atoms with Crippen LogP contribution in [0, 0.1) is 5.92 Å². The summed E-state index contributed by atoms with van der Waals surface area (Å²) in [6, 6.07) is -4.07. The number of hydrogen-bond donors (Lipinski definition) is 0. The molecule has 0 spiro atoms. The predicted molar refractivity (Wildman–Crippen MR) is 116 cm³/mol. The molecule has 20 heteroatoms. The van der Waals surface area contributed by atoms with Crippen LogP contribution in [-0.2, 0) is 28.5 Å². The minimum Gasteiger partial charge on any atom is -0.458 e. The van der Waals surface area contributed by atoms with Crippen LogP contribution in [0.3, 0.4) is 0 Å². The summed E-state index contributed by atoms with van der Waals surface area (Å²) in [4.78, 5) is 34.1. The van der Waals surface area contributed by atoms with E-state index >= 15 is 0 Å². The van der Waals surface area contributed by atoms with Crippen molar-refractivity contribution in [1.29, 1.82) is 0 Å². The Morgan fingerprint density at radius 3 is 1.97 bits per heavy atom. The van der Waals surface area contributed by atoms with Gasteiger partial charge in [0.1, 0.15) is 18.3 Å². The van der Waals surface area contributed by atoms with Crippen LogP contribution in [-0.4, -0.2) is 73.2 Å². The molecule has 0 bridgehead atoms. The van der Waals surface area contributed by atoms with Gasteiger partial charge in [0.15, 0.2) is 12.4 Å². The highest BCUT2D eigenvalue weighted by Gasteiger charge is 2.58. The van der Waals surface area contributed by atoms with E-state index in [1.165, 1.54) is 0 Å². The van der Waals surface area contributed by atoms with Gasteiger partial charge in [-0.15, -0.1) is 0 Å². The summed E-state index contributed by atoms with van der Waals surface area (Å²) >= 11 is 0. The molecule has 9 unspecified atom stereocenters. The number of carbonyl (C=O) groups is 2. The molecule has 1 saturated heterocycles. The van der Waals surface area contributed by atoms with Gasteiger partial charge in [0.05, 0.1) is 24.7 Å². The molecule has 0 aromatic carbocycles. The van der Waals surface area contributed by atoms with Crippen molar-refractivity contribution in [1.82, 2.24) is 0 Å². The van der Waals surface area contributed by atoms with Crippen molar-refractivity contribution in [3.8, 4) is 0 Å². The topological polar surface area (TPSA) is 266 Å². The Morgan fingerprint density at radius 2 is 1.46 bits per heavy atom. The van der Waals surface area contributed by atoms with Crippen LogP contribution in [0.25, 0.3) is 41.8 Å². The highest BCUT2D eigenvalue weighted by atomic mass is 19.3. The van der Waals surface area contributed by atoms with Crippen LogP contribution in [0.1, 0.15) is 27.2 Å². The van der Waals surface area contributed by atoms with Crippen molar-refractivity contribution >= 4 is 11.9 Å². The molecule has 0 aromatic heterocycles. The van der Waals surface area contributed by atoms with E-state index in [-0.39, 0.29) is 6.42 Å². The maximum absolute atomic E-state index is 14.9. The van der Waals surface area contributed by atoms with Gasteiger partial charge in [-0.2, -0.15) is 0 Å². The lowest BCUT2D eigenvalue weighted by atomic mass is 9.83. The summed E-state index contributed by atoms with van der Waals surface area (Å²) in [5.41, 5.74) is 35.6. The molecule has 0 N–H and O–H groups in total. The number of rotatable bonds is 9. The fourth-order valence-electron chi connectivity index (χ4n) is 4.18. The number of azide groups is 4. The quantitative estimate of drug-likeness (QED) is 0.184. The summed E-state index contributed by atoms with van der Waals surface area (Å²) in [7, 11) is 0. The van der Waals surface area contributed by atoms with Crippen molar-refractivity contribution in [2.75, 3.05) is 6.54 Å². The lowest BCUT2D eigenvalue weighted by molar-refractivity contribution is -0.313. The second-order valence-electron chi connectivity index (χ2n) is 8.09. The molecular weight excluding hydrogens is 506 g/mol. The number of esters is 2. The maximum atomic E-state index is 14.9. The number of halogens is 2. The molecule has 1 aliphatic heterocycles. The molecule has 2 rings (SSSR count). The van der Waals surface area contributed by atoms with Gasteiger partial charge >= 0.3 is 11.9 Å². The van der Waals surface area contributed by atoms with Crippen LogP contribution >= 0.6 is 0 Å². The Bertz CT molecular complexity index is 1060. The van der Waals surface area contributed by atoms with E-state index in [1.807, 2.05) is 0 Å². The molecule has 0 amide bonds. The molecule has 37 heavy (non-hydrogen) atoms. The summed E-state index contributed by atoms with van der Waals surface area (Å²) in [6.07, 6.45) is -8.49. The molecule has 2 aliphatic rings. The molecule has 1 aliphatic carbocycles. The second-order valence-corrected chi connectivity index (χ2v) is 8.09. The molecule has 1 saturated carbocycles. The average molecular weight is 528 g/mol. The Balaban J connectivity index is 2.59. The number of hydrogen-bond acceptors (Lipinski definition) is 10. The van der Waals surface area contributed by atoms with E-state index in [9.17, 15) is 18.4 Å². The smallest absolute Gasteiger partial charge is 0.303 e. The van der Waals surface area contributed by atoms with Crippen molar-refractivity contribution in [3.05, 3.63) is 41.8 Å². The van der Waals surface area contributed by atoms with Crippen molar-refractivity contribution in [2.24, 2.45) is 26.4 Å². The molecule has 0 aromatic rings. The number of carbonyl (C=O) groups excluding carboxylic acids is 2. The largest absolute Gasteiger partial charge is 0.458 e. The first-order chi connectivity index (χ1) is 17.5. The minimum atomic E-state index is -3.62. The van der Waals surface area contributed by atoms with Crippen LogP contribution in [0.2, 0.25) is 0 Å². The number of alkyl halides is 2. The highest BCUT2D eigenvalue weighted by Crippen LogP contribution is 2.43. The van der Waals surface area contributed by atoms with E-state index in [0.717, 1.165) is 20.8 Å². The first kappa shape index (κ1) is 29.2. The normalized spacial score (nSPS) is 34.2. The van der Waals surface area contributed by atoms with Gasteiger partial charge in [0.25, 0.3) is 5.92 Å². The lowest BCUT2D eigenvalue weighted by Gasteiger charge is -2.47. The number of ether oxygens (including phenoxy) is 4. The van der Waals surface area contributed by atoms with Gasteiger partial charge in [-0.1, -0.05) is 27.4 Å². The summed E-state index contributed by atoms with van der Waals surface area (Å²) < 4.78 is 51.5. The Morgan fingerprint density at radius 1 is 0.919 bits per heavy atom. The second kappa shape index (κ2) is 12.8. The predicted octanol–water partition coefficient (Wildman–Crippen LogP) is 3.98. The molecule has 1 heterocycles. The van der Waals surface area contributed by atoms with E-state index in [2.05, 4.69) is 40.1 Å². The molecule has 2 fully saturated rings. The maximum Gasteiger partial charge on any atom is 0.303 e. The number of nitrogens with zero attached hydrogens (tertiary/aromatic N) is 12. The molecule has 9 atom stereocenters. The van der Waals surface area contributed by atoms with Crippen molar-refractivity contribution < 1.29 is 37.3 Å². The first-order valence-corrected chi connectivity index (χ1v) is 10.7. The van der Waals surface area contributed by atoms with Gasteiger partial charge in [0.2, 0.25) is 0 Å². The monoisotopic (exact) mass is 528 g/mol. The van der Waals surface area contributed by atoms with E-state index in [1.54, 1.807) is 0 Å². The Hall–Kier alpha value is -4.04. The van der Waals surface area contributed by atoms with Gasteiger partial charge < -0.3 is 18.9 Å². The van der Waals surface area contributed by atoms with Crippen molar-refractivity contribution in [2.45, 2.75) is 81.9 Å². The third kappa shape index (κ3) is 6.80. The Labute approximate surface area is 206 Å². The van der Waals surface area contributed by atoms with Gasteiger partial charge in [-0.05, 0) is 28.5 Å². The third-order valence-corrected chi connectivity index (χ3v) is 5.81. The highest BCUT2D eigenvalue weighted by molar-refractivity contribution is 5.67. The summed E-state index contributed by atoms with van der Waals surface area (Å²) in [5.74, 6) is -7.04. The average Bonchev–Trinajstić information content (AvgIpc) is 2.82. The summed E-state index contributed by atoms with van der Waals surface area (Å²) in [6.45, 7) is 2.32. The fourth-order valence-corrected chi connectivity index (χ4v) is 4.18. The van der Waals surface area contributed by atoms with Crippen LogP contribution in [0.5, 0.6) is 0 Å². The van der Waals surface area contributed by atoms with E-state index < -0.39 is 79.2 Å². The van der Waals surface area contributed by atoms with Crippen LogP contribution in [0.15, 0.2) is 20.5 Å². The van der Waals surface area contributed by atoms with Gasteiger partial charge in [-0.25, -0.2) is 8.78 Å². The minimum absolute atomic E-state index is 0.263. The van der Waals surface area contributed by atoms with E-state index in [0.29, 0.717) is 0 Å².